The summed E-state index contributed by atoms with van der Waals surface area (Å²) >= 11 is 5.27. The molecule has 0 radical (unpaired) electrons. The second-order valence-corrected chi connectivity index (χ2v) is 4.41. The molecule has 0 amide bonds. The number of rotatable bonds is 5. The van der Waals surface area contributed by atoms with Crippen LogP contribution in [-0.2, 0) is 11.3 Å². The van der Waals surface area contributed by atoms with Gasteiger partial charge in [0.15, 0.2) is 0 Å². The van der Waals surface area contributed by atoms with Crippen LogP contribution in [0.3, 0.4) is 0 Å². The predicted molar refractivity (Wildman–Crippen MR) is 70.4 cm³/mol. The summed E-state index contributed by atoms with van der Waals surface area (Å²) in [6.45, 7) is 2.40. The molecule has 0 aromatic heterocycles. The van der Waals surface area contributed by atoms with Crippen molar-refractivity contribution in [3.05, 3.63) is 35.9 Å². The topological polar surface area (TPSA) is 20.3 Å². The first kappa shape index (κ1) is 12.8. The lowest BCUT2D eigenvalue weighted by Gasteiger charge is -2.19. The average Bonchev–Trinajstić information content (AvgIpc) is 2.27. The van der Waals surface area contributed by atoms with E-state index in [0.717, 1.165) is 11.5 Å². The minimum atomic E-state index is 0.190. The lowest BCUT2D eigenvalue weighted by atomic mass is 10.2. The van der Waals surface area contributed by atoms with Gasteiger partial charge in [0.25, 0.3) is 0 Å². The van der Waals surface area contributed by atoms with Crippen LogP contribution in [-0.4, -0.2) is 22.7 Å². The van der Waals surface area contributed by atoms with Crippen LogP contribution >= 0.6 is 12.2 Å². The van der Waals surface area contributed by atoms with E-state index in [1.807, 2.05) is 30.1 Å². The third-order valence-electron chi connectivity index (χ3n) is 2.38. The SMILES string of the molecule is CC(=O)CCC(=S)N(C)Cc1ccccc1. The van der Waals surface area contributed by atoms with E-state index in [4.69, 9.17) is 12.2 Å². The predicted octanol–water partition coefficient (Wildman–Crippen LogP) is 2.82. The van der Waals surface area contributed by atoms with Crippen LogP contribution in [0.15, 0.2) is 30.3 Å². The lowest BCUT2D eigenvalue weighted by Crippen LogP contribution is -2.24. The average molecular weight is 235 g/mol. The standard InChI is InChI=1S/C13H17NOS/c1-11(15)8-9-13(16)14(2)10-12-6-4-3-5-7-12/h3-7H,8-10H2,1-2H3. The Labute approximate surface area is 102 Å². The van der Waals surface area contributed by atoms with Crippen molar-refractivity contribution in [3.63, 3.8) is 0 Å². The highest BCUT2D eigenvalue weighted by molar-refractivity contribution is 7.80. The Hall–Kier alpha value is -1.22. The monoisotopic (exact) mass is 235 g/mol. The van der Waals surface area contributed by atoms with Crippen molar-refractivity contribution in [1.29, 1.82) is 0 Å². The number of hydrogen-bond donors (Lipinski definition) is 0. The molecule has 0 aliphatic rings. The van der Waals surface area contributed by atoms with Crippen LogP contribution < -0.4 is 0 Å². The summed E-state index contributed by atoms with van der Waals surface area (Å²) in [6.07, 6.45) is 1.21. The Morgan fingerprint density at radius 3 is 2.44 bits per heavy atom. The van der Waals surface area contributed by atoms with Crippen molar-refractivity contribution in [2.45, 2.75) is 26.3 Å². The largest absolute Gasteiger partial charge is 0.365 e. The van der Waals surface area contributed by atoms with Gasteiger partial charge in [-0.2, -0.15) is 0 Å². The molecule has 0 spiro atoms. The summed E-state index contributed by atoms with van der Waals surface area (Å²) in [4.78, 5) is 13.7. The highest BCUT2D eigenvalue weighted by Gasteiger charge is 2.06. The first-order chi connectivity index (χ1) is 7.59. The Morgan fingerprint density at radius 2 is 1.88 bits per heavy atom. The van der Waals surface area contributed by atoms with Crippen molar-refractivity contribution in [3.8, 4) is 0 Å². The van der Waals surface area contributed by atoms with Crippen LogP contribution in [0.5, 0.6) is 0 Å². The first-order valence-corrected chi connectivity index (χ1v) is 5.77. The van der Waals surface area contributed by atoms with Gasteiger partial charge in [-0.1, -0.05) is 42.5 Å². The second-order valence-electron chi connectivity index (χ2n) is 3.94. The van der Waals surface area contributed by atoms with Gasteiger partial charge >= 0.3 is 0 Å². The molecule has 3 heteroatoms. The molecule has 0 aliphatic heterocycles. The molecular weight excluding hydrogens is 218 g/mol. The summed E-state index contributed by atoms with van der Waals surface area (Å²) < 4.78 is 0. The van der Waals surface area contributed by atoms with Gasteiger partial charge in [-0.3, -0.25) is 0 Å². The van der Waals surface area contributed by atoms with Crippen LogP contribution in [0.1, 0.15) is 25.3 Å². The number of thiocarbonyl (C=S) groups is 1. The summed E-state index contributed by atoms with van der Waals surface area (Å²) in [6, 6.07) is 10.2. The maximum Gasteiger partial charge on any atom is 0.130 e. The minimum Gasteiger partial charge on any atom is -0.365 e. The quantitative estimate of drug-likeness (QED) is 0.732. The third kappa shape index (κ3) is 4.53. The Morgan fingerprint density at radius 1 is 1.25 bits per heavy atom. The lowest BCUT2D eigenvalue weighted by molar-refractivity contribution is -0.116. The molecule has 0 N–H and O–H groups in total. The zero-order valence-electron chi connectivity index (χ0n) is 9.77. The van der Waals surface area contributed by atoms with Gasteiger partial charge in [0.2, 0.25) is 0 Å². The van der Waals surface area contributed by atoms with Gasteiger partial charge < -0.3 is 9.69 Å². The molecule has 0 bridgehead atoms. The molecule has 1 rings (SSSR count). The summed E-state index contributed by atoms with van der Waals surface area (Å²) in [5.74, 6) is 0.190. The van der Waals surface area contributed by atoms with E-state index in [0.29, 0.717) is 12.8 Å². The van der Waals surface area contributed by atoms with Crippen LogP contribution in [0.25, 0.3) is 0 Å². The molecule has 0 atom stereocenters. The van der Waals surface area contributed by atoms with Gasteiger partial charge in [0, 0.05) is 26.4 Å². The van der Waals surface area contributed by atoms with Crippen LogP contribution in [0.4, 0.5) is 0 Å². The van der Waals surface area contributed by atoms with Gasteiger partial charge in [-0.25, -0.2) is 0 Å². The van der Waals surface area contributed by atoms with Gasteiger partial charge in [0.1, 0.15) is 5.78 Å². The fraction of sp³-hybridized carbons (Fsp3) is 0.385. The molecule has 1 aromatic rings. The fourth-order valence-corrected chi connectivity index (χ4v) is 1.59. The van der Waals surface area contributed by atoms with E-state index in [1.54, 1.807) is 6.92 Å². The van der Waals surface area contributed by atoms with Crippen molar-refractivity contribution in [1.82, 2.24) is 4.90 Å². The number of benzene rings is 1. The first-order valence-electron chi connectivity index (χ1n) is 5.37. The molecule has 1 aromatic carbocycles. The fourth-order valence-electron chi connectivity index (χ4n) is 1.42. The van der Waals surface area contributed by atoms with Crippen molar-refractivity contribution >= 4 is 23.0 Å². The number of nitrogens with zero attached hydrogens (tertiary/aromatic N) is 1. The Kier molecular flexibility index (Phi) is 5.12. The molecular formula is C13H17NOS. The zero-order valence-corrected chi connectivity index (χ0v) is 10.6. The second kappa shape index (κ2) is 6.38. The molecule has 2 nitrogen and oxygen atoms in total. The Bertz CT molecular complexity index is 361. The number of hydrogen-bond acceptors (Lipinski definition) is 2. The summed E-state index contributed by atoms with van der Waals surface area (Å²) in [7, 11) is 1.97. The maximum absolute atomic E-state index is 10.9. The molecule has 0 aliphatic carbocycles. The van der Waals surface area contributed by atoms with E-state index >= 15 is 0 Å². The zero-order chi connectivity index (χ0) is 12.0. The normalized spacial score (nSPS) is 9.88. The molecule has 16 heavy (non-hydrogen) atoms. The maximum atomic E-state index is 10.9. The minimum absolute atomic E-state index is 0.190. The van der Waals surface area contributed by atoms with Crippen LogP contribution in [0.2, 0.25) is 0 Å². The molecule has 0 fully saturated rings. The van der Waals surface area contributed by atoms with Gasteiger partial charge in [-0.15, -0.1) is 0 Å². The van der Waals surface area contributed by atoms with Gasteiger partial charge in [-0.05, 0) is 12.5 Å². The smallest absolute Gasteiger partial charge is 0.130 e. The Balaban J connectivity index is 2.43. The molecule has 0 saturated carbocycles. The van der Waals surface area contributed by atoms with E-state index in [1.165, 1.54) is 5.56 Å². The number of carbonyl (C=O) groups excluding carboxylic acids is 1. The van der Waals surface area contributed by atoms with E-state index in [9.17, 15) is 4.79 Å². The number of carbonyl (C=O) groups is 1. The van der Waals surface area contributed by atoms with Crippen LogP contribution in [0, 0.1) is 0 Å². The summed E-state index contributed by atoms with van der Waals surface area (Å²) in [5.41, 5.74) is 1.23. The highest BCUT2D eigenvalue weighted by atomic mass is 32.1. The van der Waals surface area contributed by atoms with Crippen molar-refractivity contribution in [2.75, 3.05) is 7.05 Å². The van der Waals surface area contributed by atoms with Crippen molar-refractivity contribution < 1.29 is 4.79 Å². The number of Topliss-reactive ketones (excluding diaryl/α,β-unsaturated/α-hetero) is 1. The van der Waals surface area contributed by atoms with E-state index in [2.05, 4.69) is 12.1 Å². The molecule has 0 saturated heterocycles. The number of ketones is 1. The molecule has 86 valence electrons. The third-order valence-corrected chi connectivity index (χ3v) is 2.90. The summed E-state index contributed by atoms with van der Waals surface area (Å²) in [5, 5.41) is 0. The highest BCUT2D eigenvalue weighted by Crippen LogP contribution is 2.06. The van der Waals surface area contributed by atoms with Gasteiger partial charge in [0.05, 0.1) is 4.99 Å². The molecule has 0 heterocycles. The van der Waals surface area contributed by atoms with Crippen molar-refractivity contribution in [2.24, 2.45) is 0 Å². The van der Waals surface area contributed by atoms with E-state index in [-0.39, 0.29) is 5.78 Å². The molecule has 0 unspecified atom stereocenters. The van der Waals surface area contributed by atoms with E-state index < -0.39 is 0 Å².